The molecule has 0 aliphatic carbocycles. The fraction of sp³-hybridized carbons (Fsp3) is 0.917. The fourth-order valence-corrected chi connectivity index (χ4v) is 1.38. The van der Waals surface area contributed by atoms with Crippen molar-refractivity contribution in [3.8, 4) is 0 Å². The summed E-state index contributed by atoms with van der Waals surface area (Å²) < 4.78 is 0. The summed E-state index contributed by atoms with van der Waals surface area (Å²) in [7, 11) is 0. The molecular formula is C12H26N2O. The predicted molar refractivity (Wildman–Crippen MR) is 64.5 cm³/mol. The summed E-state index contributed by atoms with van der Waals surface area (Å²) >= 11 is 0. The van der Waals surface area contributed by atoms with Gasteiger partial charge in [0.05, 0.1) is 6.04 Å². The van der Waals surface area contributed by atoms with E-state index in [-0.39, 0.29) is 17.9 Å². The van der Waals surface area contributed by atoms with Gasteiger partial charge in [-0.05, 0) is 18.8 Å². The molecule has 0 radical (unpaired) electrons. The third-order valence-electron chi connectivity index (χ3n) is 2.93. The van der Waals surface area contributed by atoms with Crippen molar-refractivity contribution in [1.29, 1.82) is 0 Å². The van der Waals surface area contributed by atoms with Gasteiger partial charge in [0.25, 0.3) is 0 Å². The lowest BCUT2D eigenvalue weighted by atomic mass is 10.0. The molecule has 0 aromatic heterocycles. The molecule has 0 heterocycles. The van der Waals surface area contributed by atoms with Gasteiger partial charge in [-0.1, -0.05) is 34.1 Å². The van der Waals surface area contributed by atoms with Gasteiger partial charge in [0, 0.05) is 13.1 Å². The second-order valence-electron chi connectivity index (χ2n) is 4.66. The predicted octanol–water partition coefficient (Wildman–Crippen LogP) is 1.86. The standard InChI is InChI=1S/C12H26N2O/c1-6-10(5)8-14(7-2)12(15)11(13)9(3)4/h9-11H,6-8,13H2,1-5H3/t10?,11-/m0/s1. The Labute approximate surface area is 94.0 Å². The van der Waals surface area contributed by atoms with Crippen molar-refractivity contribution in [1.82, 2.24) is 4.90 Å². The highest BCUT2D eigenvalue weighted by atomic mass is 16.2. The van der Waals surface area contributed by atoms with Crippen LogP contribution in [0.5, 0.6) is 0 Å². The number of nitrogens with two attached hydrogens (primary N) is 1. The SMILES string of the molecule is CCC(C)CN(CC)C(=O)[C@@H](N)C(C)C. The maximum Gasteiger partial charge on any atom is 0.239 e. The van der Waals surface area contributed by atoms with Crippen molar-refractivity contribution in [2.45, 2.75) is 47.1 Å². The first-order chi connectivity index (χ1) is 6.93. The molecule has 2 atom stereocenters. The molecule has 2 N–H and O–H groups in total. The minimum absolute atomic E-state index is 0.0906. The van der Waals surface area contributed by atoms with Crippen LogP contribution in [0.25, 0.3) is 0 Å². The zero-order valence-electron chi connectivity index (χ0n) is 10.8. The first-order valence-corrected chi connectivity index (χ1v) is 5.98. The van der Waals surface area contributed by atoms with Crippen LogP contribution in [-0.4, -0.2) is 29.9 Å². The molecule has 0 aliphatic heterocycles. The molecule has 1 unspecified atom stereocenters. The van der Waals surface area contributed by atoms with Gasteiger partial charge in [0.1, 0.15) is 0 Å². The van der Waals surface area contributed by atoms with Gasteiger partial charge in [-0.3, -0.25) is 4.79 Å². The summed E-state index contributed by atoms with van der Waals surface area (Å²) in [5.41, 5.74) is 5.86. The van der Waals surface area contributed by atoms with E-state index in [1.165, 1.54) is 0 Å². The Balaban J connectivity index is 4.34. The number of rotatable bonds is 6. The number of nitrogens with zero attached hydrogens (tertiary/aromatic N) is 1. The highest BCUT2D eigenvalue weighted by molar-refractivity contribution is 5.81. The largest absolute Gasteiger partial charge is 0.341 e. The molecular weight excluding hydrogens is 188 g/mol. The molecule has 0 aromatic carbocycles. The number of carbonyl (C=O) groups is 1. The van der Waals surface area contributed by atoms with E-state index in [0.717, 1.165) is 19.5 Å². The average Bonchev–Trinajstić information content (AvgIpc) is 2.23. The summed E-state index contributed by atoms with van der Waals surface area (Å²) in [4.78, 5) is 13.8. The van der Waals surface area contributed by atoms with Crippen LogP contribution >= 0.6 is 0 Å². The Morgan fingerprint density at radius 3 is 2.13 bits per heavy atom. The zero-order valence-corrected chi connectivity index (χ0v) is 10.8. The monoisotopic (exact) mass is 214 g/mol. The summed E-state index contributed by atoms with van der Waals surface area (Å²) in [5, 5.41) is 0. The van der Waals surface area contributed by atoms with Crippen LogP contribution < -0.4 is 5.73 Å². The van der Waals surface area contributed by atoms with Crippen LogP contribution in [0.1, 0.15) is 41.0 Å². The first kappa shape index (κ1) is 14.4. The van der Waals surface area contributed by atoms with E-state index in [1.807, 2.05) is 25.7 Å². The Kier molecular flexibility index (Phi) is 6.57. The molecule has 3 heteroatoms. The molecule has 0 rings (SSSR count). The number of amides is 1. The molecule has 0 bridgehead atoms. The smallest absolute Gasteiger partial charge is 0.239 e. The molecule has 0 aromatic rings. The van der Waals surface area contributed by atoms with Gasteiger partial charge in [-0.25, -0.2) is 0 Å². The second kappa shape index (κ2) is 6.83. The van der Waals surface area contributed by atoms with E-state index in [0.29, 0.717) is 5.92 Å². The van der Waals surface area contributed by atoms with E-state index < -0.39 is 0 Å². The fourth-order valence-electron chi connectivity index (χ4n) is 1.38. The van der Waals surface area contributed by atoms with Gasteiger partial charge < -0.3 is 10.6 Å². The Morgan fingerprint density at radius 1 is 1.27 bits per heavy atom. The van der Waals surface area contributed by atoms with E-state index >= 15 is 0 Å². The van der Waals surface area contributed by atoms with Crippen molar-refractivity contribution in [3.05, 3.63) is 0 Å². The number of hydrogen-bond acceptors (Lipinski definition) is 2. The third-order valence-corrected chi connectivity index (χ3v) is 2.93. The van der Waals surface area contributed by atoms with E-state index in [9.17, 15) is 4.79 Å². The molecule has 0 saturated heterocycles. The van der Waals surface area contributed by atoms with Crippen molar-refractivity contribution in [3.63, 3.8) is 0 Å². The summed E-state index contributed by atoms with van der Waals surface area (Å²) in [6.45, 7) is 11.9. The van der Waals surface area contributed by atoms with E-state index in [1.54, 1.807) is 0 Å². The summed E-state index contributed by atoms with van der Waals surface area (Å²) in [6, 6.07) is -0.353. The Morgan fingerprint density at radius 2 is 1.80 bits per heavy atom. The third kappa shape index (κ3) is 4.65. The summed E-state index contributed by atoms with van der Waals surface area (Å²) in [5.74, 6) is 0.851. The van der Waals surface area contributed by atoms with Crippen molar-refractivity contribution in [2.75, 3.05) is 13.1 Å². The van der Waals surface area contributed by atoms with Gasteiger partial charge in [-0.2, -0.15) is 0 Å². The topological polar surface area (TPSA) is 46.3 Å². The lowest BCUT2D eigenvalue weighted by Crippen LogP contribution is -2.47. The number of carbonyl (C=O) groups excluding carboxylic acids is 1. The van der Waals surface area contributed by atoms with Crippen LogP contribution in [0.4, 0.5) is 0 Å². The number of hydrogen-bond donors (Lipinski definition) is 1. The Hall–Kier alpha value is -0.570. The van der Waals surface area contributed by atoms with Crippen molar-refractivity contribution < 1.29 is 4.79 Å². The van der Waals surface area contributed by atoms with Crippen LogP contribution in [0, 0.1) is 11.8 Å². The first-order valence-electron chi connectivity index (χ1n) is 5.98. The van der Waals surface area contributed by atoms with E-state index in [2.05, 4.69) is 13.8 Å². The van der Waals surface area contributed by atoms with Crippen LogP contribution in [0.3, 0.4) is 0 Å². The lowest BCUT2D eigenvalue weighted by Gasteiger charge is -2.28. The van der Waals surface area contributed by atoms with Crippen molar-refractivity contribution in [2.24, 2.45) is 17.6 Å². The van der Waals surface area contributed by atoms with Gasteiger partial charge in [0.2, 0.25) is 5.91 Å². The second-order valence-corrected chi connectivity index (χ2v) is 4.66. The highest BCUT2D eigenvalue weighted by Gasteiger charge is 2.23. The molecule has 0 saturated carbocycles. The van der Waals surface area contributed by atoms with Crippen LogP contribution in [-0.2, 0) is 4.79 Å². The van der Waals surface area contributed by atoms with Crippen molar-refractivity contribution >= 4 is 5.91 Å². The van der Waals surface area contributed by atoms with Gasteiger partial charge in [-0.15, -0.1) is 0 Å². The quantitative estimate of drug-likeness (QED) is 0.733. The van der Waals surface area contributed by atoms with Crippen LogP contribution in [0.2, 0.25) is 0 Å². The molecule has 90 valence electrons. The average molecular weight is 214 g/mol. The number of likely N-dealkylation sites (N-methyl/N-ethyl adjacent to an activating group) is 1. The van der Waals surface area contributed by atoms with Crippen LogP contribution in [0.15, 0.2) is 0 Å². The maximum absolute atomic E-state index is 12.0. The molecule has 15 heavy (non-hydrogen) atoms. The minimum Gasteiger partial charge on any atom is -0.341 e. The molecule has 0 fully saturated rings. The summed E-state index contributed by atoms with van der Waals surface area (Å²) in [6.07, 6.45) is 1.10. The molecule has 0 aliphatic rings. The molecule has 3 nitrogen and oxygen atoms in total. The normalized spacial score (nSPS) is 15.1. The Bertz CT molecular complexity index is 192. The molecule has 1 amide bonds. The minimum atomic E-state index is -0.353. The van der Waals surface area contributed by atoms with E-state index in [4.69, 9.17) is 5.73 Å². The maximum atomic E-state index is 12.0. The zero-order chi connectivity index (χ0) is 12.0. The molecule has 0 spiro atoms. The lowest BCUT2D eigenvalue weighted by molar-refractivity contribution is -0.134. The highest BCUT2D eigenvalue weighted by Crippen LogP contribution is 2.08. The van der Waals surface area contributed by atoms with Gasteiger partial charge >= 0.3 is 0 Å². The van der Waals surface area contributed by atoms with Gasteiger partial charge in [0.15, 0.2) is 0 Å².